The zero-order valence-corrected chi connectivity index (χ0v) is 8.71. The van der Waals surface area contributed by atoms with Crippen molar-refractivity contribution in [2.24, 2.45) is 5.73 Å². The highest BCUT2D eigenvalue weighted by atomic mass is 32.2. The summed E-state index contributed by atoms with van der Waals surface area (Å²) in [7, 11) is -3.44. The van der Waals surface area contributed by atoms with Gasteiger partial charge in [-0.2, -0.15) is 5.10 Å². The van der Waals surface area contributed by atoms with Crippen LogP contribution in [0, 0.1) is 0 Å². The lowest BCUT2D eigenvalue weighted by molar-refractivity contribution is 0.568. The fourth-order valence-corrected chi connectivity index (χ4v) is 1.85. The number of H-pyrrole nitrogens is 1. The van der Waals surface area contributed by atoms with Crippen LogP contribution in [0.5, 0.6) is 0 Å². The molecule has 1 unspecified atom stereocenters. The Bertz CT molecular complexity index is 357. The molecule has 0 saturated carbocycles. The second-order valence-electron chi connectivity index (χ2n) is 3.08. The van der Waals surface area contributed by atoms with Crippen molar-refractivity contribution in [3.8, 4) is 0 Å². The number of hydrogen-bond donors (Lipinski definition) is 3. The Morgan fingerprint density at radius 1 is 1.71 bits per heavy atom. The molecule has 1 heterocycles. The summed E-state index contributed by atoms with van der Waals surface area (Å²) in [5.41, 5.74) is 5.49. The maximum absolute atomic E-state index is 11.5. The molecule has 0 amide bonds. The molecule has 1 atom stereocenters. The van der Waals surface area contributed by atoms with Crippen molar-refractivity contribution in [2.45, 2.75) is 24.4 Å². The average molecular weight is 218 g/mol. The Labute approximate surface area is 82.9 Å². The van der Waals surface area contributed by atoms with E-state index in [0.29, 0.717) is 13.0 Å². The third-order valence-electron chi connectivity index (χ3n) is 1.66. The van der Waals surface area contributed by atoms with Crippen molar-refractivity contribution >= 4 is 10.0 Å². The fraction of sp³-hybridized carbons (Fsp3) is 0.571. The van der Waals surface area contributed by atoms with Gasteiger partial charge in [0.05, 0.1) is 6.20 Å². The van der Waals surface area contributed by atoms with Gasteiger partial charge >= 0.3 is 0 Å². The lowest BCUT2D eigenvalue weighted by atomic mass is 10.3. The van der Waals surface area contributed by atoms with Crippen molar-refractivity contribution in [3.05, 3.63) is 12.3 Å². The molecular weight excluding hydrogens is 204 g/mol. The molecule has 1 rings (SSSR count). The smallest absolute Gasteiger partial charge is 0.257 e. The van der Waals surface area contributed by atoms with Gasteiger partial charge in [0, 0.05) is 12.6 Å². The summed E-state index contributed by atoms with van der Waals surface area (Å²) in [6.07, 6.45) is 1.99. The van der Waals surface area contributed by atoms with Crippen molar-refractivity contribution in [1.82, 2.24) is 14.9 Å². The number of aromatic amines is 1. The van der Waals surface area contributed by atoms with E-state index in [2.05, 4.69) is 14.9 Å². The third kappa shape index (κ3) is 3.09. The van der Waals surface area contributed by atoms with E-state index < -0.39 is 10.0 Å². The number of hydrogen-bond acceptors (Lipinski definition) is 4. The first kappa shape index (κ1) is 11.2. The monoisotopic (exact) mass is 218 g/mol. The van der Waals surface area contributed by atoms with Crippen LogP contribution in [0.25, 0.3) is 0 Å². The topological polar surface area (TPSA) is 101 Å². The van der Waals surface area contributed by atoms with Gasteiger partial charge in [0.2, 0.25) is 0 Å². The van der Waals surface area contributed by atoms with Gasteiger partial charge < -0.3 is 5.73 Å². The van der Waals surface area contributed by atoms with Gasteiger partial charge in [0.25, 0.3) is 10.0 Å². The zero-order chi connectivity index (χ0) is 10.6. The molecule has 0 radical (unpaired) electrons. The minimum absolute atomic E-state index is 0.0144. The number of nitrogens with one attached hydrogen (secondary N) is 2. The molecule has 6 nitrogen and oxygen atoms in total. The van der Waals surface area contributed by atoms with E-state index in [1.54, 1.807) is 0 Å². The molecular formula is C7H14N4O2S. The lowest BCUT2D eigenvalue weighted by Gasteiger charge is -2.06. The highest BCUT2D eigenvalue weighted by Gasteiger charge is 2.14. The summed E-state index contributed by atoms with van der Waals surface area (Å²) in [5.74, 6) is 0. The molecule has 14 heavy (non-hydrogen) atoms. The van der Waals surface area contributed by atoms with E-state index >= 15 is 0 Å². The fourth-order valence-electron chi connectivity index (χ4n) is 0.891. The summed E-state index contributed by atoms with van der Waals surface area (Å²) in [4.78, 5) is 0. The SMILES string of the molecule is CC(N)CCNS(=O)(=O)c1ccn[nH]1. The van der Waals surface area contributed by atoms with Crippen molar-refractivity contribution < 1.29 is 8.42 Å². The molecule has 0 aliphatic heterocycles. The Hall–Kier alpha value is -0.920. The second kappa shape index (κ2) is 4.54. The van der Waals surface area contributed by atoms with Gasteiger partial charge in [-0.3, -0.25) is 5.10 Å². The number of nitrogens with two attached hydrogens (primary N) is 1. The van der Waals surface area contributed by atoms with Gasteiger partial charge in [0.1, 0.15) is 0 Å². The third-order valence-corrected chi connectivity index (χ3v) is 3.05. The van der Waals surface area contributed by atoms with Crippen LogP contribution in [0.15, 0.2) is 17.3 Å². The molecule has 0 spiro atoms. The summed E-state index contributed by atoms with van der Waals surface area (Å²) >= 11 is 0. The lowest BCUT2D eigenvalue weighted by Crippen LogP contribution is -2.29. The van der Waals surface area contributed by atoms with Crippen LogP contribution in [0.3, 0.4) is 0 Å². The van der Waals surface area contributed by atoms with E-state index in [1.807, 2.05) is 6.92 Å². The highest BCUT2D eigenvalue weighted by molar-refractivity contribution is 7.89. The molecule has 0 aliphatic rings. The molecule has 4 N–H and O–H groups in total. The van der Waals surface area contributed by atoms with E-state index in [-0.39, 0.29) is 11.1 Å². The van der Waals surface area contributed by atoms with Crippen LogP contribution in [0.1, 0.15) is 13.3 Å². The van der Waals surface area contributed by atoms with E-state index in [9.17, 15) is 8.42 Å². The quantitative estimate of drug-likeness (QED) is 0.615. The van der Waals surface area contributed by atoms with Crippen LogP contribution in [-0.4, -0.2) is 31.2 Å². The summed E-state index contributed by atoms with van der Waals surface area (Å²) in [6.45, 7) is 2.16. The molecule has 0 fully saturated rings. The molecule has 0 bridgehead atoms. The molecule has 7 heteroatoms. The zero-order valence-electron chi connectivity index (χ0n) is 7.90. The summed E-state index contributed by atoms with van der Waals surface area (Å²) in [5, 5.41) is 6.02. The van der Waals surface area contributed by atoms with Crippen molar-refractivity contribution in [2.75, 3.05) is 6.54 Å². The van der Waals surface area contributed by atoms with Crippen LogP contribution in [0.2, 0.25) is 0 Å². The van der Waals surface area contributed by atoms with E-state index in [1.165, 1.54) is 12.3 Å². The van der Waals surface area contributed by atoms with Crippen LogP contribution in [0.4, 0.5) is 0 Å². The minimum Gasteiger partial charge on any atom is -0.328 e. The molecule has 0 saturated heterocycles. The molecule has 80 valence electrons. The summed E-state index contributed by atoms with van der Waals surface area (Å²) < 4.78 is 25.3. The van der Waals surface area contributed by atoms with Gasteiger partial charge in [0.15, 0.2) is 5.03 Å². The second-order valence-corrected chi connectivity index (χ2v) is 4.82. The standard InChI is InChI=1S/C7H14N4O2S/c1-6(8)2-5-10-14(12,13)7-3-4-9-11-7/h3-4,6,10H,2,5,8H2,1H3,(H,9,11). The van der Waals surface area contributed by atoms with Crippen molar-refractivity contribution in [3.63, 3.8) is 0 Å². The average Bonchev–Trinajstić information content (AvgIpc) is 2.54. The first-order valence-electron chi connectivity index (χ1n) is 4.27. The largest absolute Gasteiger partial charge is 0.328 e. The predicted octanol–water partition coefficient (Wildman–Crippen LogP) is -0.575. The highest BCUT2D eigenvalue weighted by Crippen LogP contribution is 2.01. The Morgan fingerprint density at radius 2 is 2.43 bits per heavy atom. The predicted molar refractivity (Wildman–Crippen MR) is 52.0 cm³/mol. The van der Waals surface area contributed by atoms with Gasteiger partial charge in [-0.1, -0.05) is 0 Å². The molecule has 1 aromatic rings. The number of aromatic nitrogens is 2. The number of rotatable bonds is 5. The van der Waals surface area contributed by atoms with Gasteiger partial charge in [-0.05, 0) is 19.4 Å². The maximum atomic E-state index is 11.5. The number of nitrogens with zero attached hydrogens (tertiary/aromatic N) is 1. The minimum atomic E-state index is -3.44. The Balaban J connectivity index is 2.52. The molecule has 1 aromatic heterocycles. The Morgan fingerprint density at radius 3 is 2.93 bits per heavy atom. The van der Waals surface area contributed by atoms with Crippen LogP contribution < -0.4 is 10.5 Å². The van der Waals surface area contributed by atoms with Gasteiger partial charge in [-0.25, -0.2) is 13.1 Å². The first-order valence-corrected chi connectivity index (χ1v) is 5.75. The first-order chi connectivity index (χ1) is 6.52. The van der Waals surface area contributed by atoms with Crippen LogP contribution in [-0.2, 0) is 10.0 Å². The normalized spacial score (nSPS) is 14.1. The van der Waals surface area contributed by atoms with Crippen LogP contribution >= 0.6 is 0 Å². The molecule has 0 aliphatic carbocycles. The van der Waals surface area contributed by atoms with Gasteiger partial charge in [-0.15, -0.1) is 0 Å². The molecule has 0 aromatic carbocycles. The van der Waals surface area contributed by atoms with Crippen molar-refractivity contribution in [1.29, 1.82) is 0 Å². The van der Waals surface area contributed by atoms with E-state index in [0.717, 1.165) is 0 Å². The Kier molecular flexibility index (Phi) is 3.62. The maximum Gasteiger partial charge on any atom is 0.257 e. The van der Waals surface area contributed by atoms with E-state index in [4.69, 9.17) is 5.73 Å². The summed E-state index contributed by atoms with van der Waals surface area (Å²) in [6, 6.07) is 1.38. The number of sulfonamides is 1.